The summed E-state index contributed by atoms with van der Waals surface area (Å²) in [5.74, 6) is -1.88. The van der Waals surface area contributed by atoms with E-state index in [-0.39, 0.29) is 36.9 Å². The number of carbonyl (C=O) groups excluding carboxylic acids is 1. The molecule has 2 heterocycles. The van der Waals surface area contributed by atoms with Gasteiger partial charge in [0.15, 0.2) is 0 Å². The van der Waals surface area contributed by atoms with Crippen molar-refractivity contribution in [3.63, 3.8) is 0 Å². The lowest BCUT2D eigenvalue weighted by Gasteiger charge is -2.36. The molecular formula is C13H17ClF3N3O. The van der Waals surface area contributed by atoms with Crippen molar-refractivity contribution in [2.75, 3.05) is 12.3 Å². The normalized spacial score (nSPS) is 21.0. The van der Waals surface area contributed by atoms with Crippen LogP contribution in [0.3, 0.4) is 0 Å². The molecule has 0 saturated carbocycles. The van der Waals surface area contributed by atoms with E-state index in [0.717, 1.165) is 0 Å². The fourth-order valence-electron chi connectivity index (χ4n) is 2.72. The number of rotatable bonds is 1. The Bertz CT molecular complexity index is 534. The van der Waals surface area contributed by atoms with E-state index in [1.807, 2.05) is 0 Å². The predicted molar refractivity (Wildman–Crippen MR) is 75.2 cm³/mol. The summed E-state index contributed by atoms with van der Waals surface area (Å²) in [6.07, 6.45) is -4.41. The molecule has 1 aromatic rings. The van der Waals surface area contributed by atoms with Crippen molar-refractivity contribution in [3.8, 4) is 0 Å². The van der Waals surface area contributed by atoms with Gasteiger partial charge in [0, 0.05) is 12.1 Å². The molecular weight excluding hydrogens is 307 g/mol. The van der Waals surface area contributed by atoms with Gasteiger partial charge in [0.2, 0.25) is 0 Å². The van der Waals surface area contributed by atoms with Gasteiger partial charge < -0.3 is 10.6 Å². The summed E-state index contributed by atoms with van der Waals surface area (Å²) < 4.78 is 39.0. The molecule has 1 unspecified atom stereocenters. The SMILES string of the molecule is CC1(C)C(C(F)(F)F)CCN1C(=O)c1cccc(N)n1.Cl. The van der Waals surface area contributed by atoms with E-state index in [9.17, 15) is 18.0 Å². The Labute approximate surface area is 126 Å². The van der Waals surface area contributed by atoms with Crippen molar-refractivity contribution in [2.24, 2.45) is 5.92 Å². The van der Waals surface area contributed by atoms with E-state index in [0.29, 0.717) is 0 Å². The Kier molecular flexibility index (Phi) is 4.77. The van der Waals surface area contributed by atoms with Crippen molar-refractivity contribution in [3.05, 3.63) is 23.9 Å². The Balaban J connectivity index is 0.00000220. The maximum atomic E-state index is 13.0. The summed E-state index contributed by atoms with van der Waals surface area (Å²) in [7, 11) is 0. The van der Waals surface area contributed by atoms with E-state index < -0.39 is 23.5 Å². The molecule has 1 fully saturated rings. The topological polar surface area (TPSA) is 59.2 Å². The van der Waals surface area contributed by atoms with Gasteiger partial charge in [-0.25, -0.2) is 4.98 Å². The molecule has 118 valence electrons. The molecule has 0 radical (unpaired) electrons. The second-order valence-corrected chi connectivity index (χ2v) is 5.44. The minimum atomic E-state index is -4.32. The number of pyridine rings is 1. The zero-order valence-corrected chi connectivity index (χ0v) is 12.5. The third-order valence-electron chi connectivity index (χ3n) is 3.82. The Morgan fingerprint density at radius 1 is 1.43 bits per heavy atom. The summed E-state index contributed by atoms with van der Waals surface area (Å²) in [4.78, 5) is 17.4. The largest absolute Gasteiger partial charge is 0.394 e. The number of aromatic nitrogens is 1. The fourth-order valence-corrected chi connectivity index (χ4v) is 2.72. The highest BCUT2D eigenvalue weighted by molar-refractivity contribution is 5.93. The number of nitrogens with two attached hydrogens (primary N) is 1. The number of alkyl halides is 3. The number of carbonyl (C=O) groups is 1. The molecule has 1 aliphatic rings. The number of hydrogen-bond donors (Lipinski definition) is 1. The fraction of sp³-hybridized carbons (Fsp3) is 0.538. The lowest BCUT2D eigenvalue weighted by atomic mass is 9.88. The molecule has 21 heavy (non-hydrogen) atoms. The molecule has 2 rings (SSSR count). The molecule has 1 saturated heterocycles. The highest BCUT2D eigenvalue weighted by atomic mass is 35.5. The predicted octanol–water partition coefficient (Wildman–Crippen LogP) is 2.89. The highest BCUT2D eigenvalue weighted by Crippen LogP contribution is 2.45. The molecule has 2 N–H and O–H groups in total. The second kappa shape index (κ2) is 5.71. The number of anilines is 1. The van der Waals surface area contributed by atoms with Crippen LogP contribution in [0.25, 0.3) is 0 Å². The number of amides is 1. The van der Waals surface area contributed by atoms with E-state index in [4.69, 9.17) is 5.73 Å². The third kappa shape index (κ3) is 3.23. The van der Waals surface area contributed by atoms with E-state index in [1.54, 1.807) is 6.07 Å². The first-order valence-electron chi connectivity index (χ1n) is 6.25. The standard InChI is InChI=1S/C13H16F3N3O.ClH/c1-12(2)9(13(14,15)16)6-7-19(12)11(20)8-4-3-5-10(17)18-8;/h3-5,9H,6-7H2,1-2H3,(H2,17,18);1H. The van der Waals surface area contributed by atoms with Gasteiger partial charge in [-0.3, -0.25) is 4.79 Å². The van der Waals surface area contributed by atoms with Gasteiger partial charge in [-0.15, -0.1) is 12.4 Å². The maximum absolute atomic E-state index is 13.0. The van der Waals surface area contributed by atoms with Crippen LogP contribution in [0, 0.1) is 5.92 Å². The number of halogens is 4. The van der Waals surface area contributed by atoms with Crippen LogP contribution in [-0.4, -0.2) is 34.1 Å². The van der Waals surface area contributed by atoms with Gasteiger partial charge in [-0.1, -0.05) is 6.07 Å². The second-order valence-electron chi connectivity index (χ2n) is 5.44. The van der Waals surface area contributed by atoms with E-state index >= 15 is 0 Å². The van der Waals surface area contributed by atoms with Crippen molar-refractivity contribution in [1.82, 2.24) is 9.88 Å². The quantitative estimate of drug-likeness (QED) is 0.864. The van der Waals surface area contributed by atoms with Crippen LogP contribution < -0.4 is 5.73 Å². The first kappa shape index (κ1) is 17.6. The average Bonchev–Trinajstić information content (AvgIpc) is 2.63. The van der Waals surface area contributed by atoms with Crippen LogP contribution in [0.15, 0.2) is 18.2 Å². The van der Waals surface area contributed by atoms with E-state index in [2.05, 4.69) is 4.98 Å². The highest BCUT2D eigenvalue weighted by Gasteiger charge is 2.56. The first-order valence-corrected chi connectivity index (χ1v) is 6.25. The van der Waals surface area contributed by atoms with Crippen molar-refractivity contribution < 1.29 is 18.0 Å². The number of nitrogens with zero attached hydrogens (tertiary/aromatic N) is 2. The Morgan fingerprint density at radius 2 is 2.05 bits per heavy atom. The van der Waals surface area contributed by atoms with E-state index in [1.165, 1.54) is 30.9 Å². The lowest BCUT2D eigenvalue weighted by Crippen LogP contribution is -2.49. The number of hydrogen-bond acceptors (Lipinski definition) is 3. The Hall–Kier alpha value is -1.50. The number of nitrogen functional groups attached to an aromatic ring is 1. The summed E-state index contributed by atoms with van der Waals surface area (Å²) >= 11 is 0. The minimum absolute atomic E-state index is 0. The molecule has 0 aromatic carbocycles. The first-order chi connectivity index (χ1) is 9.14. The van der Waals surface area contributed by atoms with Crippen LogP contribution in [0.4, 0.5) is 19.0 Å². The molecule has 1 aliphatic heterocycles. The molecule has 1 aromatic heterocycles. The zero-order chi connectivity index (χ0) is 15.1. The van der Waals surface area contributed by atoms with Crippen LogP contribution in [0.5, 0.6) is 0 Å². The van der Waals surface area contributed by atoms with Crippen LogP contribution in [-0.2, 0) is 0 Å². The molecule has 4 nitrogen and oxygen atoms in total. The van der Waals surface area contributed by atoms with Gasteiger partial charge in [-0.2, -0.15) is 13.2 Å². The average molecular weight is 324 g/mol. The zero-order valence-electron chi connectivity index (χ0n) is 11.6. The van der Waals surface area contributed by atoms with Crippen molar-refractivity contribution in [2.45, 2.75) is 32.0 Å². The molecule has 0 spiro atoms. The summed E-state index contributed by atoms with van der Waals surface area (Å²) in [6.45, 7) is 2.93. The van der Waals surface area contributed by atoms with Gasteiger partial charge in [-0.05, 0) is 32.4 Å². The lowest BCUT2D eigenvalue weighted by molar-refractivity contribution is -0.189. The molecule has 0 bridgehead atoms. The third-order valence-corrected chi connectivity index (χ3v) is 3.82. The van der Waals surface area contributed by atoms with Crippen LogP contribution >= 0.6 is 12.4 Å². The maximum Gasteiger partial charge on any atom is 0.394 e. The molecule has 8 heteroatoms. The molecule has 1 atom stereocenters. The van der Waals surface area contributed by atoms with Crippen molar-refractivity contribution in [1.29, 1.82) is 0 Å². The van der Waals surface area contributed by atoms with Gasteiger partial charge in [0.1, 0.15) is 11.5 Å². The number of likely N-dealkylation sites (tertiary alicyclic amines) is 1. The molecule has 0 aliphatic carbocycles. The van der Waals surface area contributed by atoms with Gasteiger partial charge in [0.25, 0.3) is 5.91 Å². The van der Waals surface area contributed by atoms with Gasteiger partial charge >= 0.3 is 6.18 Å². The van der Waals surface area contributed by atoms with Crippen LogP contribution in [0.2, 0.25) is 0 Å². The molecule has 1 amide bonds. The minimum Gasteiger partial charge on any atom is -0.384 e. The smallest absolute Gasteiger partial charge is 0.384 e. The monoisotopic (exact) mass is 323 g/mol. The van der Waals surface area contributed by atoms with Gasteiger partial charge in [0.05, 0.1) is 5.92 Å². The summed E-state index contributed by atoms with van der Waals surface area (Å²) in [5.41, 5.74) is 4.28. The Morgan fingerprint density at radius 3 is 2.52 bits per heavy atom. The summed E-state index contributed by atoms with van der Waals surface area (Å²) in [6, 6.07) is 4.53. The van der Waals surface area contributed by atoms with Crippen molar-refractivity contribution >= 4 is 24.1 Å². The summed E-state index contributed by atoms with van der Waals surface area (Å²) in [5, 5.41) is 0. The van der Waals surface area contributed by atoms with Crippen LogP contribution in [0.1, 0.15) is 30.8 Å².